The first-order valence-electron chi connectivity index (χ1n) is 9.29. The number of hydrogen-bond acceptors (Lipinski definition) is 5. The van der Waals surface area contributed by atoms with Gasteiger partial charge in [-0.2, -0.15) is 13.2 Å². The van der Waals surface area contributed by atoms with E-state index in [1.165, 1.54) is 6.92 Å². The predicted octanol–water partition coefficient (Wildman–Crippen LogP) is 4.27. The number of aromatic nitrogens is 3. The summed E-state index contributed by atoms with van der Waals surface area (Å²) in [4.78, 5) is 22.9. The number of fused-ring (bicyclic) bond motifs is 1. The lowest BCUT2D eigenvalue weighted by Crippen LogP contribution is -2.39. The Labute approximate surface area is 164 Å². The molecule has 4 heterocycles. The molecule has 0 N–H and O–H groups in total. The largest absolute Gasteiger partial charge is 0.417 e. The van der Waals surface area contributed by atoms with Gasteiger partial charge in [-0.05, 0) is 44.4 Å². The topological polar surface area (TPSA) is 72.1 Å². The summed E-state index contributed by atoms with van der Waals surface area (Å²) in [6.45, 7) is 4.11. The first-order chi connectivity index (χ1) is 13.8. The maximum atomic E-state index is 13.6. The smallest absolute Gasteiger partial charge is 0.338 e. The number of amides is 1. The van der Waals surface area contributed by atoms with Gasteiger partial charge in [-0.15, -0.1) is 0 Å². The molecule has 0 radical (unpaired) electrons. The quantitative estimate of drug-likeness (QED) is 0.638. The van der Waals surface area contributed by atoms with E-state index in [0.717, 1.165) is 11.6 Å². The third-order valence-corrected chi connectivity index (χ3v) is 5.32. The summed E-state index contributed by atoms with van der Waals surface area (Å²) >= 11 is 0. The first-order valence-corrected chi connectivity index (χ1v) is 9.29. The molecule has 1 amide bonds. The fraction of sp³-hybridized carbons (Fsp3) is 0.400. The third-order valence-electron chi connectivity index (χ3n) is 5.32. The van der Waals surface area contributed by atoms with Crippen LogP contribution in [0.15, 0.2) is 29.0 Å². The number of aryl methyl sites for hydroxylation is 2. The second-order valence-electron chi connectivity index (χ2n) is 7.32. The summed E-state index contributed by atoms with van der Waals surface area (Å²) in [7, 11) is 0. The fourth-order valence-corrected chi connectivity index (χ4v) is 3.83. The molecule has 0 saturated carbocycles. The summed E-state index contributed by atoms with van der Waals surface area (Å²) in [5.74, 6) is -0.465. The summed E-state index contributed by atoms with van der Waals surface area (Å²) in [6.07, 6.45) is -0.0609. The van der Waals surface area contributed by atoms with Crippen LogP contribution in [-0.4, -0.2) is 39.0 Å². The minimum Gasteiger partial charge on any atom is -0.338 e. The molecule has 3 aromatic rings. The van der Waals surface area contributed by atoms with Gasteiger partial charge in [0, 0.05) is 37.0 Å². The van der Waals surface area contributed by atoms with Crippen LogP contribution in [-0.2, 0) is 6.18 Å². The van der Waals surface area contributed by atoms with Crippen molar-refractivity contribution >= 4 is 17.0 Å². The molecule has 0 unspecified atom stereocenters. The molecular weight excluding hydrogens is 385 g/mol. The molecule has 9 heteroatoms. The van der Waals surface area contributed by atoms with Gasteiger partial charge < -0.3 is 9.42 Å². The number of rotatable bonds is 2. The molecule has 1 fully saturated rings. The van der Waals surface area contributed by atoms with Crippen LogP contribution in [0.5, 0.6) is 0 Å². The van der Waals surface area contributed by atoms with Crippen molar-refractivity contribution in [3.63, 3.8) is 0 Å². The van der Waals surface area contributed by atoms with Gasteiger partial charge in [-0.3, -0.25) is 9.78 Å². The Morgan fingerprint density at radius 1 is 1.31 bits per heavy atom. The number of likely N-dealkylation sites (tertiary alicyclic amines) is 1. The fourth-order valence-electron chi connectivity index (χ4n) is 3.83. The number of hydrogen-bond donors (Lipinski definition) is 0. The highest BCUT2D eigenvalue weighted by molar-refractivity contribution is 5.95. The Bertz CT molecular complexity index is 1080. The van der Waals surface area contributed by atoms with Gasteiger partial charge >= 0.3 is 6.18 Å². The average Bonchev–Trinajstić information content (AvgIpc) is 3.07. The first kappa shape index (κ1) is 19.4. The van der Waals surface area contributed by atoms with Crippen molar-refractivity contribution in [3.05, 3.63) is 52.6 Å². The van der Waals surface area contributed by atoms with E-state index in [0.29, 0.717) is 31.5 Å². The number of carbonyl (C=O) groups is 1. The van der Waals surface area contributed by atoms with Crippen LogP contribution in [0.4, 0.5) is 13.2 Å². The molecule has 3 aromatic heterocycles. The Morgan fingerprint density at radius 2 is 2.10 bits per heavy atom. The van der Waals surface area contributed by atoms with E-state index >= 15 is 0 Å². The minimum absolute atomic E-state index is 0.114. The second-order valence-corrected chi connectivity index (χ2v) is 7.32. The Morgan fingerprint density at radius 3 is 2.83 bits per heavy atom. The molecule has 1 saturated heterocycles. The van der Waals surface area contributed by atoms with E-state index in [4.69, 9.17) is 4.52 Å². The zero-order chi connectivity index (χ0) is 20.8. The van der Waals surface area contributed by atoms with E-state index < -0.39 is 11.7 Å². The molecule has 0 bridgehead atoms. The van der Waals surface area contributed by atoms with Crippen molar-refractivity contribution in [2.24, 2.45) is 0 Å². The van der Waals surface area contributed by atoms with Crippen LogP contribution in [0.2, 0.25) is 0 Å². The van der Waals surface area contributed by atoms with E-state index in [-0.39, 0.29) is 34.3 Å². The average molecular weight is 404 g/mol. The van der Waals surface area contributed by atoms with Crippen LogP contribution in [0.1, 0.15) is 51.6 Å². The van der Waals surface area contributed by atoms with Crippen molar-refractivity contribution < 1.29 is 22.5 Å². The lowest BCUT2D eigenvalue weighted by molar-refractivity contribution is -0.136. The molecule has 4 rings (SSSR count). The maximum absolute atomic E-state index is 13.6. The van der Waals surface area contributed by atoms with Crippen molar-refractivity contribution in [1.29, 1.82) is 0 Å². The molecule has 1 atom stereocenters. The molecule has 0 aliphatic carbocycles. The number of piperidine rings is 1. The summed E-state index contributed by atoms with van der Waals surface area (Å²) in [5.41, 5.74) is 0.803. The highest BCUT2D eigenvalue weighted by atomic mass is 19.4. The van der Waals surface area contributed by atoms with Crippen LogP contribution >= 0.6 is 0 Å². The van der Waals surface area contributed by atoms with E-state index in [9.17, 15) is 18.0 Å². The maximum Gasteiger partial charge on any atom is 0.417 e. The van der Waals surface area contributed by atoms with Crippen molar-refractivity contribution in [1.82, 2.24) is 20.0 Å². The Kier molecular flexibility index (Phi) is 4.76. The number of carbonyl (C=O) groups excluding carboxylic acids is 1. The molecule has 6 nitrogen and oxygen atoms in total. The molecule has 1 aliphatic rings. The number of alkyl halides is 3. The highest BCUT2D eigenvalue weighted by Gasteiger charge is 2.37. The highest BCUT2D eigenvalue weighted by Crippen LogP contribution is 2.38. The van der Waals surface area contributed by atoms with Gasteiger partial charge in [0.15, 0.2) is 0 Å². The van der Waals surface area contributed by atoms with Gasteiger partial charge in [0.05, 0.1) is 22.3 Å². The van der Waals surface area contributed by atoms with Crippen LogP contribution in [0.3, 0.4) is 0 Å². The SMILES string of the molecule is Cc1cnccc1C(=O)N1CCC[C@H](c2cc(C(F)(F)F)c3c(C)noc3n2)C1. The van der Waals surface area contributed by atoms with Crippen molar-refractivity contribution in [2.75, 3.05) is 13.1 Å². The molecule has 29 heavy (non-hydrogen) atoms. The Hall–Kier alpha value is -2.97. The minimum atomic E-state index is -4.55. The number of halogens is 3. The van der Waals surface area contributed by atoms with Crippen LogP contribution in [0.25, 0.3) is 11.1 Å². The standard InChI is InChI=1S/C20H19F3N4O2/c1-11-9-24-6-5-14(11)19(28)27-7-3-4-13(10-27)16-8-15(20(21,22)23)17-12(2)26-29-18(17)25-16/h5-6,8-9,13H,3-4,7,10H2,1-2H3/t13-/m0/s1. The lowest BCUT2D eigenvalue weighted by atomic mass is 9.92. The third kappa shape index (κ3) is 3.56. The lowest BCUT2D eigenvalue weighted by Gasteiger charge is -2.33. The summed E-state index contributed by atoms with van der Waals surface area (Å²) in [6, 6.07) is 2.73. The van der Waals surface area contributed by atoms with E-state index in [2.05, 4.69) is 15.1 Å². The number of nitrogens with zero attached hydrogens (tertiary/aromatic N) is 4. The molecule has 0 spiro atoms. The van der Waals surface area contributed by atoms with Crippen molar-refractivity contribution in [2.45, 2.75) is 38.8 Å². The van der Waals surface area contributed by atoms with E-state index in [1.807, 2.05) is 0 Å². The molecule has 1 aliphatic heterocycles. The van der Waals surface area contributed by atoms with Crippen LogP contribution < -0.4 is 0 Å². The normalized spacial score (nSPS) is 17.7. The van der Waals surface area contributed by atoms with Gasteiger partial charge in [0.2, 0.25) is 0 Å². The van der Waals surface area contributed by atoms with Crippen molar-refractivity contribution in [3.8, 4) is 0 Å². The molecule has 152 valence electrons. The van der Waals surface area contributed by atoms with Gasteiger partial charge in [-0.1, -0.05) is 5.16 Å². The van der Waals surface area contributed by atoms with E-state index in [1.54, 1.807) is 30.3 Å². The van der Waals surface area contributed by atoms with Gasteiger partial charge in [0.1, 0.15) is 0 Å². The molecular formula is C20H19F3N4O2. The predicted molar refractivity (Wildman–Crippen MR) is 98.4 cm³/mol. The van der Waals surface area contributed by atoms with Gasteiger partial charge in [0.25, 0.3) is 11.6 Å². The summed E-state index contributed by atoms with van der Waals surface area (Å²) in [5, 5.41) is 3.53. The zero-order valence-corrected chi connectivity index (χ0v) is 16.0. The van der Waals surface area contributed by atoms with Crippen LogP contribution in [0, 0.1) is 13.8 Å². The zero-order valence-electron chi connectivity index (χ0n) is 16.0. The second kappa shape index (κ2) is 7.13. The monoisotopic (exact) mass is 404 g/mol. The molecule has 0 aromatic carbocycles. The summed E-state index contributed by atoms with van der Waals surface area (Å²) < 4.78 is 45.9. The van der Waals surface area contributed by atoms with Gasteiger partial charge in [-0.25, -0.2) is 4.98 Å². The Balaban J connectivity index is 1.67. The number of pyridine rings is 2.